The first-order valence-electron chi connectivity index (χ1n) is 6.50. The summed E-state index contributed by atoms with van der Waals surface area (Å²) in [5, 5.41) is 8.39. The molecule has 0 unspecified atom stereocenters. The van der Waals surface area contributed by atoms with Gasteiger partial charge in [-0.05, 0) is 54.3 Å². The zero-order chi connectivity index (χ0) is 13.7. The van der Waals surface area contributed by atoms with E-state index in [0.29, 0.717) is 5.92 Å². The Labute approximate surface area is 114 Å². The van der Waals surface area contributed by atoms with Gasteiger partial charge in [-0.15, -0.1) is 0 Å². The van der Waals surface area contributed by atoms with Crippen molar-refractivity contribution < 1.29 is 0 Å². The zero-order valence-electron chi connectivity index (χ0n) is 11.4. The molecule has 98 valence electrons. The van der Waals surface area contributed by atoms with E-state index in [0.717, 1.165) is 23.5 Å². The van der Waals surface area contributed by atoms with Crippen LogP contribution in [0.15, 0.2) is 58.8 Å². The number of nitrogen functional groups attached to an aromatic ring is 1. The van der Waals surface area contributed by atoms with Crippen LogP contribution in [-0.2, 0) is 6.42 Å². The van der Waals surface area contributed by atoms with Crippen molar-refractivity contribution in [3.63, 3.8) is 0 Å². The highest BCUT2D eigenvalue weighted by Gasteiger charge is 1.97. The van der Waals surface area contributed by atoms with Crippen LogP contribution in [0.3, 0.4) is 0 Å². The smallest absolute Gasteiger partial charge is 0.0858 e. The van der Waals surface area contributed by atoms with Gasteiger partial charge in [0.25, 0.3) is 0 Å². The first-order chi connectivity index (χ1) is 9.13. The summed E-state index contributed by atoms with van der Waals surface area (Å²) in [5.41, 5.74) is 9.36. The number of rotatable bonds is 4. The minimum absolute atomic E-state index is 0.669. The zero-order valence-corrected chi connectivity index (χ0v) is 11.4. The van der Waals surface area contributed by atoms with E-state index in [4.69, 9.17) is 5.73 Å². The summed E-state index contributed by atoms with van der Waals surface area (Å²) in [7, 11) is 0. The highest BCUT2D eigenvalue weighted by molar-refractivity contribution is 5.48. The lowest BCUT2D eigenvalue weighted by Crippen LogP contribution is -1.92. The molecule has 0 aliphatic heterocycles. The summed E-state index contributed by atoms with van der Waals surface area (Å²) < 4.78 is 0. The molecule has 0 spiro atoms. The van der Waals surface area contributed by atoms with Crippen molar-refractivity contribution in [2.45, 2.75) is 20.3 Å². The molecule has 2 aromatic rings. The standard InChI is InChI=1S/C16H19N3/c1-12(2)11-13-3-7-15(8-4-13)18-19-16-9-5-14(17)6-10-16/h3-10,12H,11,17H2,1-2H3. The third kappa shape index (κ3) is 4.21. The van der Waals surface area contributed by atoms with Crippen molar-refractivity contribution in [3.05, 3.63) is 54.1 Å². The van der Waals surface area contributed by atoms with Crippen LogP contribution in [0.25, 0.3) is 0 Å². The molecule has 0 saturated carbocycles. The highest BCUT2D eigenvalue weighted by atomic mass is 15.1. The van der Waals surface area contributed by atoms with E-state index in [1.54, 1.807) is 0 Å². The number of benzene rings is 2. The first-order valence-corrected chi connectivity index (χ1v) is 6.50. The second kappa shape index (κ2) is 6.14. The maximum absolute atomic E-state index is 5.62. The average molecular weight is 253 g/mol. The van der Waals surface area contributed by atoms with E-state index in [-0.39, 0.29) is 0 Å². The fraction of sp³-hybridized carbons (Fsp3) is 0.250. The Kier molecular flexibility index (Phi) is 4.29. The molecule has 19 heavy (non-hydrogen) atoms. The Hall–Kier alpha value is -2.16. The second-order valence-corrected chi connectivity index (χ2v) is 5.06. The Balaban J connectivity index is 2.04. The van der Waals surface area contributed by atoms with Gasteiger partial charge in [0.05, 0.1) is 11.4 Å². The van der Waals surface area contributed by atoms with Crippen LogP contribution in [0.2, 0.25) is 0 Å². The fourth-order valence-corrected chi connectivity index (χ4v) is 1.83. The van der Waals surface area contributed by atoms with Gasteiger partial charge in [-0.3, -0.25) is 0 Å². The summed E-state index contributed by atoms with van der Waals surface area (Å²) in [6.07, 6.45) is 1.09. The lowest BCUT2D eigenvalue weighted by atomic mass is 10.0. The van der Waals surface area contributed by atoms with Crippen molar-refractivity contribution in [1.29, 1.82) is 0 Å². The molecule has 3 heteroatoms. The number of nitrogens with zero attached hydrogens (tertiary/aromatic N) is 2. The van der Waals surface area contributed by atoms with Crippen molar-refractivity contribution in [3.8, 4) is 0 Å². The maximum atomic E-state index is 5.62. The Morgan fingerprint density at radius 3 is 1.79 bits per heavy atom. The van der Waals surface area contributed by atoms with Crippen molar-refractivity contribution in [1.82, 2.24) is 0 Å². The van der Waals surface area contributed by atoms with Gasteiger partial charge < -0.3 is 5.73 Å². The van der Waals surface area contributed by atoms with Gasteiger partial charge in [-0.1, -0.05) is 26.0 Å². The van der Waals surface area contributed by atoms with Crippen molar-refractivity contribution >= 4 is 17.1 Å². The molecule has 0 aliphatic carbocycles. The SMILES string of the molecule is CC(C)Cc1ccc(N=Nc2ccc(N)cc2)cc1. The van der Waals surface area contributed by atoms with Gasteiger partial charge in [0.2, 0.25) is 0 Å². The molecule has 2 aromatic carbocycles. The maximum Gasteiger partial charge on any atom is 0.0858 e. The van der Waals surface area contributed by atoms with Crippen LogP contribution < -0.4 is 5.73 Å². The third-order valence-electron chi connectivity index (χ3n) is 2.75. The molecular weight excluding hydrogens is 234 g/mol. The third-order valence-corrected chi connectivity index (χ3v) is 2.75. The lowest BCUT2D eigenvalue weighted by molar-refractivity contribution is 0.647. The van der Waals surface area contributed by atoms with Gasteiger partial charge in [0.1, 0.15) is 0 Å². The van der Waals surface area contributed by atoms with Crippen LogP contribution in [-0.4, -0.2) is 0 Å². The van der Waals surface area contributed by atoms with Crippen LogP contribution in [0.1, 0.15) is 19.4 Å². The minimum Gasteiger partial charge on any atom is -0.399 e. The van der Waals surface area contributed by atoms with Crippen molar-refractivity contribution in [2.24, 2.45) is 16.1 Å². The Morgan fingerprint density at radius 2 is 1.32 bits per heavy atom. The predicted molar refractivity (Wildman–Crippen MR) is 80.0 cm³/mol. The highest BCUT2D eigenvalue weighted by Crippen LogP contribution is 2.20. The van der Waals surface area contributed by atoms with Gasteiger partial charge in [0.15, 0.2) is 0 Å². The predicted octanol–water partition coefficient (Wildman–Crippen LogP) is 4.88. The molecular formula is C16H19N3. The Morgan fingerprint density at radius 1 is 0.842 bits per heavy atom. The van der Waals surface area contributed by atoms with E-state index in [1.165, 1.54) is 5.56 Å². The normalized spacial score (nSPS) is 11.3. The van der Waals surface area contributed by atoms with Gasteiger partial charge in [-0.25, -0.2) is 0 Å². The molecule has 0 atom stereocenters. The average Bonchev–Trinajstić information content (AvgIpc) is 2.39. The molecule has 0 bridgehead atoms. The summed E-state index contributed by atoms with van der Waals surface area (Å²) in [5.74, 6) is 0.669. The quantitative estimate of drug-likeness (QED) is 0.612. The Bertz CT molecular complexity index is 539. The number of azo groups is 1. The lowest BCUT2D eigenvalue weighted by Gasteiger charge is -2.04. The molecule has 0 aromatic heterocycles. The van der Waals surface area contributed by atoms with E-state index < -0.39 is 0 Å². The summed E-state index contributed by atoms with van der Waals surface area (Å²) in [6, 6.07) is 15.6. The van der Waals surface area contributed by atoms with Crippen molar-refractivity contribution in [2.75, 3.05) is 5.73 Å². The van der Waals surface area contributed by atoms with Crippen LogP contribution in [0.4, 0.5) is 17.1 Å². The number of anilines is 1. The number of hydrogen-bond donors (Lipinski definition) is 1. The molecule has 0 amide bonds. The van der Waals surface area contributed by atoms with E-state index in [1.807, 2.05) is 36.4 Å². The van der Waals surface area contributed by atoms with Gasteiger partial charge in [0, 0.05) is 5.69 Å². The second-order valence-electron chi connectivity index (χ2n) is 5.06. The van der Waals surface area contributed by atoms with Crippen LogP contribution in [0, 0.1) is 5.92 Å². The van der Waals surface area contributed by atoms with E-state index in [9.17, 15) is 0 Å². The molecule has 3 nitrogen and oxygen atoms in total. The molecule has 0 radical (unpaired) electrons. The summed E-state index contributed by atoms with van der Waals surface area (Å²) in [4.78, 5) is 0. The molecule has 0 heterocycles. The summed E-state index contributed by atoms with van der Waals surface area (Å²) in [6.45, 7) is 4.43. The van der Waals surface area contributed by atoms with Crippen LogP contribution >= 0.6 is 0 Å². The minimum atomic E-state index is 0.669. The van der Waals surface area contributed by atoms with E-state index in [2.05, 4.69) is 36.2 Å². The fourth-order valence-electron chi connectivity index (χ4n) is 1.83. The number of nitrogens with two attached hydrogens (primary N) is 1. The molecule has 2 N–H and O–H groups in total. The number of hydrogen-bond acceptors (Lipinski definition) is 3. The first kappa shape index (κ1) is 13.3. The van der Waals surface area contributed by atoms with E-state index >= 15 is 0 Å². The topological polar surface area (TPSA) is 50.7 Å². The van der Waals surface area contributed by atoms with Gasteiger partial charge in [-0.2, -0.15) is 10.2 Å². The molecule has 0 fully saturated rings. The largest absolute Gasteiger partial charge is 0.399 e. The van der Waals surface area contributed by atoms with Gasteiger partial charge >= 0.3 is 0 Å². The van der Waals surface area contributed by atoms with Crippen LogP contribution in [0.5, 0.6) is 0 Å². The molecule has 0 aliphatic rings. The molecule has 2 rings (SSSR count). The summed E-state index contributed by atoms with van der Waals surface area (Å²) >= 11 is 0. The monoisotopic (exact) mass is 253 g/mol. The molecule has 0 saturated heterocycles.